The molecule has 0 saturated heterocycles. The molecule has 1 radical (unpaired) electrons. The molecule has 0 spiro atoms. The highest BCUT2D eigenvalue weighted by molar-refractivity contribution is 5.78. The minimum Gasteiger partial charge on any atom is -0.0619 e. The van der Waals surface area contributed by atoms with Crippen LogP contribution in [0.2, 0.25) is 0 Å². The number of hydrogen-bond donors (Lipinski definition) is 0. The molecular weight excluding hydrogens is 276 g/mol. The predicted octanol–water partition coefficient (Wildman–Crippen LogP) is 5.76. The molecule has 4 saturated carbocycles. The molecule has 0 heterocycles. The van der Waals surface area contributed by atoms with Crippen LogP contribution < -0.4 is 0 Å². The topological polar surface area (TPSA) is 0 Å². The van der Waals surface area contributed by atoms with Gasteiger partial charge in [0.15, 0.2) is 0 Å². The summed E-state index contributed by atoms with van der Waals surface area (Å²) < 4.78 is 0. The van der Waals surface area contributed by atoms with Gasteiger partial charge >= 0.3 is 0 Å². The summed E-state index contributed by atoms with van der Waals surface area (Å²) in [6.07, 6.45) is 8.57. The maximum atomic E-state index is 2.46. The van der Waals surface area contributed by atoms with Gasteiger partial charge in [0.1, 0.15) is 0 Å². The highest BCUT2D eigenvalue weighted by atomic mass is 14.5. The van der Waals surface area contributed by atoms with Crippen LogP contribution in [-0.4, -0.2) is 0 Å². The summed E-state index contributed by atoms with van der Waals surface area (Å²) in [5.41, 5.74) is 7.88. The van der Waals surface area contributed by atoms with Crippen LogP contribution in [0.15, 0.2) is 42.5 Å². The zero-order valence-electron chi connectivity index (χ0n) is 13.6. The molecule has 0 aromatic heterocycles. The number of fused-ring (bicyclic) bond motifs is 3. The molecule has 0 nitrogen and oxygen atoms in total. The van der Waals surface area contributed by atoms with Gasteiger partial charge in [0.25, 0.3) is 0 Å². The van der Waals surface area contributed by atoms with Gasteiger partial charge in [-0.05, 0) is 95.9 Å². The quantitative estimate of drug-likeness (QED) is 0.536. The molecule has 4 fully saturated rings. The average molecular weight is 299 g/mol. The first kappa shape index (κ1) is 12.8. The monoisotopic (exact) mass is 299 g/mol. The molecule has 115 valence electrons. The molecular formula is C23H23. The SMILES string of the molecule is c1ccc2c(c1)Cc1c-2cccc1C1[C]2CC3CC(C2)CC1C3. The standard InChI is InChI=1S/C23H23/c1-2-5-19-16(4-1)13-22-20(19)6-3-7-21(22)23-17-9-14-8-15(11-17)12-18(23)10-14/h1-7,14-15,17,23H,8-13H2. The van der Waals surface area contributed by atoms with Crippen molar-refractivity contribution in [3.8, 4) is 11.1 Å². The van der Waals surface area contributed by atoms with Crippen molar-refractivity contribution in [2.24, 2.45) is 17.8 Å². The Kier molecular flexibility index (Phi) is 2.51. The minimum atomic E-state index is 0.784. The zero-order chi connectivity index (χ0) is 15.0. The lowest BCUT2D eigenvalue weighted by Crippen LogP contribution is -2.43. The molecule has 5 aliphatic rings. The van der Waals surface area contributed by atoms with Crippen molar-refractivity contribution in [1.29, 1.82) is 0 Å². The van der Waals surface area contributed by atoms with Crippen molar-refractivity contribution >= 4 is 0 Å². The lowest BCUT2D eigenvalue weighted by molar-refractivity contribution is 0.0721. The molecule has 5 aliphatic carbocycles. The zero-order valence-corrected chi connectivity index (χ0v) is 13.6. The Morgan fingerprint density at radius 2 is 1.52 bits per heavy atom. The van der Waals surface area contributed by atoms with Crippen LogP contribution in [0.1, 0.15) is 54.7 Å². The summed E-state index contributed by atoms with van der Waals surface area (Å²) in [6.45, 7) is 0. The van der Waals surface area contributed by atoms with Gasteiger partial charge in [0, 0.05) is 0 Å². The third-order valence-electron chi connectivity index (χ3n) is 7.17. The second kappa shape index (κ2) is 4.50. The maximum Gasteiger partial charge on any atom is -0.00106 e. The van der Waals surface area contributed by atoms with Gasteiger partial charge in [-0.15, -0.1) is 0 Å². The summed E-state index contributed by atoms with van der Waals surface area (Å²) in [5, 5.41) is 0. The molecule has 0 N–H and O–H groups in total. The van der Waals surface area contributed by atoms with Crippen LogP contribution in [0.25, 0.3) is 11.1 Å². The molecule has 0 aliphatic heterocycles. The maximum absolute atomic E-state index is 2.46. The van der Waals surface area contributed by atoms with Gasteiger partial charge in [-0.1, -0.05) is 42.5 Å². The van der Waals surface area contributed by atoms with Crippen molar-refractivity contribution in [1.82, 2.24) is 0 Å². The fourth-order valence-corrected chi connectivity index (χ4v) is 6.58. The van der Waals surface area contributed by atoms with E-state index in [0.29, 0.717) is 0 Å². The van der Waals surface area contributed by atoms with Gasteiger partial charge in [-0.3, -0.25) is 0 Å². The Balaban J connectivity index is 1.47. The summed E-state index contributed by atoms with van der Waals surface area (Å²) in [5.74, 6) is 5.72. The third-order valence-corrected chi connectivity index (χ3v) is 7.17. The van der Waals surface area contributed by atoms with Gasteiger partial charge in [-0.25, -0.2) is 0 Å². The first-order valence-electron chi connectivity index (χ1n) is 9.41. The molecule has 4 bridgehead atoms. The molecule has 7 rings (SSSR count). The minimum absolute atomic E-state index is 0.784. The number of hydrogen-bond acceptors (Lipinski definition) is 0. The smallest absolute Gasteiger partial charge is 0.00106 e. The van der Waals surface area contributed by atoms with Crippen molar-refractivity contribution in [3.05, 3.63) is 65.1 Å². The van der Waals surface area contributed by atoms with E-state index in [0.717, 1.165) is 30.1 Å². The van der Waals surface area contributed by atoms with Crippen molar-refractivity contribution < 1.29 is 0 Å². The van der Waals surface area contributed by atoms with Gasteiger partial charge in [0.05, 0.1) is 0 Å². The summed E-state index contributed by atoms with van der Waals surface area (Å²) in [4.78, 5) is 0. The van der Waals surface area contributed by atoms with Crippen LogP contribution in [0.5, 0.6) is 0 Å². The highest BCUT2D eigenvalue weighted by Crippen LogP contribution is 2.61. The van der Waals surface area contributed by atoms with Crippen LogP contribution in [0, 0.1) is 23.7 Å². The van der Waals surface area contributed by atoms with Crippen molar-refractivity contribution in [2.45, 2.75) is 44.4 Å². The van der Waals surface area contributed by atoms with E-state index < -0.39 is 0 Å². The van der Waals surface area contributed by atoms with E-state index >= 15 is 0 Å². The summed E-state index contributed by atoms with van der Waals surface area (Å²) >= 11 is 0. The highest BCUT2D eigenvalue weighted by Gasteiger charge is 2.49. The molecule has 0 heteroatoms. The number of rotatable bonds is 1. The summed E-state index contributed by atoms with van der Waals surface area (Å²) in [7, 11) is 0. The van der Waals surface area contributed by atoms with E-state index in [9.17, 15) is 0 Å². The second-order valence-corrected chi connectivity index (χ2v) is 8.45. The second-order valence-electron chi connectivity index (χ2n) is 8.45. The van der Waals surface area contributed by atoms with Crippen LogP contribution in [0.3, 0.4) is 0 Å². The van der Waals surface area contributed by atoms with Gasteiger partial charge in [0.2, 0.25) is 0 Å². The molecule has 0 amide bonds. The van der Waals surface area contributed by atoms with Gasteiger partial charge in [-0.2, -0.15) is 0 Å². The Morgan fingerprint density at radius 3 is 2.35 bits per heavy atom. The Labute approximate surface area is 138 Å². The Bertz CT molecular complexity index is 756. The molecule has 3 atom stereocenters. The molecule has 2 aromatic carbocycles. The van der Waals surface area contributed by atoms with Gasteiger partial charge < -0.3 is 0 Å². The lowest BCUT2D eigenvalue weighted by atomic mass is 9.50. The molecule has 2 aromatic rings. The van der Waals surface area contributed by atoms with Crippen LogP contribution >= 0.6 is 0 Å². The average Bonchev–Trinajstić information content (AvgIpc) is 2.93. The first-order valence-corrected chi connectivity index (χ1v) is 9.41. The van der Waals surface area contributed by atoms with Crippen molar-refractivity contribution in [3.63, 3.8) is 0 Å². The van der Waals surface area contributed by atoms with E-state index in [2.05, 4.69) is 42.5 Å². The normalized spacial score (nSPS) is 33.7. The van der Waals surface area contributed by atoms with E-state index in [1.807, 2.05) is 5.92 Å². The van der Waals surface area contributed by atoms with Crippen LogP contribution in [-0.2, 0) is 6.42 Å². The predicted molar refractivity (Wildman–Crippen MR) is 94.2 cm³/mol. The van der Waals surface area contributed by atoms with E-state index in [-0.39, 0.29) is 0 Å². The van der Waals surface area contributed by atoms with E-state index in [1.54, 1.807) is 11.1 Å². The largest absolute Gasteiger partial charge is 0.0619 e. The molecule has 3 unspecified atom stereocenters. The van der Waals surface area contributed by atoms with E-state index in [4.69, 9.17) is 0 Å². The Hall–Kier alpha value is -1.56. The number of benzene rings is 2. The van der Waals surface area contributed by atoms with E-state index in [1.165, 1.54) is 48.8 Å². The Morgan fingerprint density at radius 1 is 0.739 bits per heavy atom. The molecule has 23 heavy (non-hydrogen) atoms. The first-order chi connectivity index (χ1) is 11.4. The lowest BCUT2D eigenvalue weighted by Gasteiger charge is -2.54. The fraction of sp³-hybridized carbons (Fsp3) is 0.435. The third kappa shape index (κ3) is 1.73. The summed E-state index contributed by atoms with van der Waals surface area (Å²) in [6, 6.07) is 16.2. The van der Waals surface area contributed by atoms with Crippen LogP contribution in [0.4, 0.5) is 0 Å². The fourth-order valence-electron chi connectivity index (χ4n) is 6.58. The van der Waals surface area contributed by atoms with Crippen molar-refractivity contribution in [2.75, 3.05) is 0 Å².